The summed E-state index contributed by atoms with van der Waals surface area (Å²) in [6, 6.07) is 4.81. The summed E-state index contributed by atoms with van der Waals surface area (Å²) in [6.07, 6.45) is 0.425. The third-order valence-electron chi connectivity index (χ3n) is 1.88. The number of aromatic hydroxyl groups is 1. The standard InChI is InChI=1S/C11H13ClO2/c1-7(2)6-10(13)8-4-3-5-9(12)11(8)14/h3-5,7,14H,6H2,1-2H3. The van der Waals surface area contributed by atoms with E-state index in [4.69, 9.17) is 11.6 Å². The molecule has 0 saturated carbocycles. The van der Waals surface area contributed by atoms with Gasteiger partial charge in [-0.1, -0.05) is 31.5 Å². The molecule has 0 radical (unpaired) electrons. The second-order valence-electron chi connectivity index (χ2n) is 3.66. The summed E-state index contributed by atoms with van der Waals surface area (Å²) in [6.45, 7) is 3.92. The molecule has 0 atom stereocenters. The Morgan fingerprint density at radius 3 is 2.71 bits per heavy atom. The van der Waals surface area contributed by atoms with E-state index in [0.717, 1.165) is 0 Å². The molecule has 0 aliphatic rings. The smallest absolute Gasteiger partial charge is 0.166 e. The Hall–Kier alpha value is -1.02. The van der Waals surface area contributed by atoms with Crippen molar-refractivity contribution in [2.24, 2.45) is 5.92 Å². The Balaban J connectivity index is 2.96. The van der Waals surface area contributed by atoms with Crippen molar-refractivity contribution in [3.63, 3.8) is 0 Å². The minimum absolute atomic E-state index is 0.0694. The van der Waals surface area contributed by atoms with Crippen LogP contribution in [0.15, 0.2) is 18.2 Å². The monoisotopic (exact) mass is 212 g/mol. The lowest BCUT2D eigenvalue weighted by atomic mass is 10.0. The SMILES string of the molecule is CC(C)CC(=O)c1cccc(Cl)c1O. The van der Waals surface area contributed by atoms with E-state index >= 15 is 0 Å². The largest absolute Gasteiger partial charge is 0.506 e. The maximum absolute atomic E-state index is 11.6. The molecule has 14 heavy (non-hydrogen) atoms. The van der Waals surface area contributed by atoms with Crippen LogP contribution in [0, 0.1) is 5.92 Å². The highest BCUT2D eigenvalue weighted by Gasteiger charge is 2.14. The van der Waals surface area contributed by atoms with E-state index in [9.17, 15) is 9.90 Å². The van der Waals surface area contributed by atoms with Crippen LogP contribution in [0.1, 0.15) is 30.6 Å². The molecule has 0 heterocycles. The number of benzene rings is 1. The fourth-order valence-corrected chi connectivity index (χ4v) is 1.40. The third-order valence-corrected chi connectivity index (χ3v) is 2.19. The maximum Gasteiger partial charge on any atom is 0.166 e. The number of rotatable bonds is 3. The van der Waals surface area contributed by atoms with E-state index < -0.39 is 0 Å². The molecule has 1 aromatic carbocycles. The van der Waals surface area contributed by atoms with E-state index in [0.29, 0.717) is 12.0 Å². The molecular formula is C11H13ClO2. The quantitative estimate of drug-likeness (QED) is 0.781. The van der Waals surface area contributed by atoms with Crippen molar-refractivity contribution < 1.29 is 9.90 Å². The topological polar surface area (TPSA) is 37.3 Å². The maximum atomic E-state index is 11.6. The summed E-state index contributed by atoms with van der Waals surface area (Å²) in [5, 5.41) is 9.75. The van der Waals surface area contributed by atoms with Gasteiger partial charge in [0.1, 0.15) is 5.75 Å². The second kappa shape index (κ2) is 4.47. The Morgan fingerprint density at radius 2 is 2.14 bits per heavy atom. The van der Waals surface area contributed by atoms with Crippen LogP contribution in [-0.4, -0.2) is 10.9 Å². The fourth-order valence-electron chi connectivity index (χ4n) is 1.22. The van der Waals surface area contributed by atoms with E-state index in [1.807, 2.05) is 13.8 Å². The molecule has 0 bridgehead atoms. The molecule has 0 aromatic heterocycles. The number of phenols is 1. The average molecular weight is 213 g/mol. The molecular weight excluding hydrogens is 200 g/mol. The molecule has 0 aliphatic carbocycles. The van der Waals surface area contributed by atoms with E-state index in [-0.39, 0.29) is 22.5 Å². The summed E-state index contributed by atoms with van der Waals surface area (Å²) in [4.78, 5) is 11.6. The number of carbonyl (C=O) groups excluding carboxylic acids is 1. The zero-order valence-electron chi connectivity index (χ0n) is 8.25. The first-order chi connectivity index (χ1) is 6.52. The third kappa shape index (κ3) is 2.48. The Bertz CT molecular complexity index is 345. The Labute approximate surface area is 88.5 Å². The summed E-state index contributed by atoms with van der Waals surface area (Å²) in [5.74, 6) is 0.0979. The number of hydrogen-bond donors (Lipinski definition) is 1. The normalized spacial score (nSPS) is 10.6. The molecule has 3 heteroatoms. The van der Waals surface area contributed by atoms with Crippen LogP contribution in [0.25, 0.3) is 0 Å². The lowest BCUT2D eigenvalue weighted by Crippen LogP contribution is -2.03. The van der Waals surface area contributed by atoms with E-state index in [1.165, 1.54) is 0 Å². The average Bonchev–Trinajstić information content (AvgIpc) is 2.08. The van der Waals surface area contributed by atoms with Gasteiger partial charge >= 0.3 is 0 Å². The molecule has 1 aromatic rings. The fraction of sp³-hybridized carbons (Fsp3) is 0.364. The van der Waals surface area contributed by atoms with Gasteiger partial charge in [0, 0.05) is 6.42 Å². The van der Waals surface area contributed by atoms with Gasteiger partial charge in [0.05, 0.1) is 10.6 Å². The highest BCUT2D eigenvalue weighted by atomic mass is 35.5. The van der Waals surface area contributed by atoms with Gasteiger partial charge in [-0.2, -0.15) is 0 Å². The van der Waals surface area contributed by atoms with Crippen LogP contribution < -0.4 is 0 Å². The zero-order chi connectivity index (χ0) is 10.7. The number of para-hydroxylation sites is 1. The summed E-state index contributed by atoms with van der Waals surface area (Å²) >= 11 is 5.69. The molecule has 1 rings (SSSR count). The van der Waals surface area contributed by atoms with Crippen LogP contribution in [0.5, 0.6) is 5.75 Å². The summed E-state index contributed by atoms with van der Waals surface area (Å²) in [7, 11) is 0. The van der Waals surface area contributed by atoms with Gasteiger partial charge in [-0.05, 0) is 18.1 Å². The first kappa shape index (κ1) is 11.1. The number of Topliss-reactive ketones (excluding diaryl/α,β-unsaturated/α-hetero) is 1. The predicted molar refractivity (Wildman–Crippen MR) is 56.9 cm³/mol. The van der Waals surface area contributed by atoms with Crippen LogP contribution in [-0.2, 0) is 0 Å². The van der Waals surface area contributed by atoms with Crippen molar-refractivity contribution in [1.29, 1.82) is 0 Å². The second-order valence-corrected chi connectivity index (χ2v) is 4.06. The van der Waals surface area contributed by atoms with Gasteiger partial charge in [-0.25, -0.2) is 0 Å². The van der Waals surface area contributed by atoms with Crippen molar-refractivity contribution >= 4 is 17.4 Å². The van der Waals surface area contributed by atoms with Gasteiger partial charge in [-0.15, -0.1) is 0 Å². The first-order valence-corrected chi connectivity index (χ1v) is 4.91. The van der Waals surface area contributed by atoms with Crippen LogP contribution in [0.3, 0.4) is 0 Å². The van der Waals surface area contributed by atoms with Gasteiger partial charge in [-0.3, -0.25) is 4.79 Å². The molecule has 2 nitrogen and oxygen atoms in total. The molecule has 0 fully saturated rings. The van der Waals surface area contributed by atoms with Crippen molar-refractivity contribution in [1.82, 2.24) is 0 Å². The van der Waals surface area contributed by atoms with Crippen molar-refractivity contribution in [2.75, 3.05) is 0 Å². The Kier molecular flexibility index (Phi) is 3.53. The van der Waals surface area contributed by atoms with E-state index in [1.54, 1.807) is 18.2 Å². The Morgan fingerprint density at radius 1 is 1.50 bits per heavy atom. The first-order valence-electron chi connectivity index (χ1n) is 4.53. The molecule has 0 unspecified atom stereocenters. The van der Waals surface area contributed by atoms with Gasteiger partial charge in [0.25, 0.3) is 0 Å². The van der Waals surface area contributed by atoms with Gasteiger partial charge < -0.3 is 5.11 Å². The zero-order valence-corrected chi connectivity index (χ0v) is 9.01. The van der Waals surface area contributed by atoms with Crippen LogP contribution in [0.4, 0.5) is 0 Å². The summed E-state index contributed by atoms with van der Waals surface area (Å²) in [5.41, 5.74) is 0.311. The van der Waals surface area contributed by atoms with E-state index in [2.05, 4.69) is 0 Å². The molecule has 76 valence electrons. The number of ketones is 1. The highest BCUT2D eigenvalue weighted by molar-refractivity contribution is 6.32. The lowest BCUT2D eigenvalue weighted by molar-refractivity contribution is 0.0965. The molecule has 0 amide bonds. The van der Waals surface area contributed by atoms with Crippen molar-refractivity contribution in [2.45, 2.75) is 20.3 Å². The summed E-state index contributed by atoms with van der Waals surface area (Å²) < 4.78 is 0. The highest BCUT2D eigenvalue weighted by Crippen LogP contribution is 2.28. The molecule has 0 spiro atoms. The molecule has 0 saturated heterocycles. The number of hydrogen-bond acceptors (Lipinski definition) is 2. The van der Waals surface area contributed by atoms with Crippen LogP contribution >= 0.6 is 11.6 Å². The van der Waals surface area contributed by atoms with Crippen molar-refractivity contribution in [3.05, 3.63) is 28.8 Å². The van der Waals surface area contributed by atoms with Gasteiger partial charge in [0.15, 0.2) is 5.78 Å². The lowest BCUT2D eigenvalue weighted by Gasteiger charge is -2.06. The minimum Gasteiger partial charge on any atom is -0.506 e. The predicted octanol–water partition coefficient (Wildman–Crippen LogP) is 3.27. The van der Waals surface area contributed by atoms with Crippen molar-refractivity contribution in [3.8, 4) is 5.75 Å². The molecule has 1 N–H and O–H groups in total. The van der Waals surface area contributed by atoms with Gasteiger partial charge in [0.2, 0.25) is 0 Å². The number of phenolic OH excluding ortho intramolecular Hbond substituents is 1. The molecule has 0 aliphatic heterocycles. The van der Waals surface area contributed by atoms with Crippen LogP contribution in [0.2, 0.25) is 5.02 Å². The number of halogens is 1. The minimum atomic E-state index is -0.111. The number of carbonyl (C=O) groups is 1.